The summed E-state index contributed by atoms with van der Waals surface area (Å²) in [5.74, 6) is -3.30. The van der Waals surface area contributed by atoms with Gasteiger partial charge in [-0.25, -0.2) is 14.4 Å². The van der Waals surface area contributed by atoms with Crippen LogP contribution in [0.5, 0.6) is 0 Å². The van der Waals surface area contributed by atoms with Gasteiger partial charge in [-0.2, -0.15) is 0 Å². The van der Waals surface area contributed by atoms with Crippen molar-refractivity contribution in [1.82, 2.24) is 5.32 Å². The largest absolute Gasteiger partial charge is 0.480 e. The molecule has 0 fully saturated rings. The lowest BCUT2D eigenvalue weighted by Crippen LogP contribution is -2.41. The van der Waals surface area contributed by atoms with E-state index in [1.165, 1.54) is 18.4 Å². The van der Waals surface area contributed by atoms with Crippen molar-refractivity contribution in [2.45, 2.75) is 38.8 Å². The van der Waals surface area contributed by atoms with E-state index in [1.807, 2.05) is 13.8 Å². The first-order valence-corrected chi connectivity index (χ1v) is 7.10. The van der Waals surface area contributed by atoms with Crippen molar-refractivity contribution in [2.75, 3.05) is 0 Å². The molecule has 0 aromatic carbocycles. The highest BCUT2D eigenvalue weighted by Crippen LogP contribution is 2.16. The van der Waals surface area contributed by atoms with Crippen molar-refractivity contribution in [3.05, 3.63) is 23.4 Å². The molecule has 0 unspecified atom stereocenters. The van der Waals surface area contributed by atoms with Gasteiger partial charge in [-0.1, -0.05) is 13.8 Å². The predicted molar refractivity (Wildman–Crippen MR) is 82.3 cm³/mol. The first kappa shape index (κ1) is 18.4. The fourth-order valence-electron chi connectivity index (χ4n) is 2.06. The van der Waals surface area contributed by atoms with Gasteiger partial charge in [0.05, 0.1) is 0 Å². The molecule has 1 heterocycles. The normalized spacial score (nSPS) is 21.1. The highest BCUT2D eigenvalue weighted by Gasteiger charge is 2.26. The number of nitrogens with one attached hydrogen (secondary N) is 1. The van der Waals surface area contributed by atoms with E-state index < -0.39 is 30.0 Å². The van der Waals surface area contributed by atoms with Crippen LogP contribution in [0.4, 0.5) is 0 Å². The molecule has 0 amide bonds. The molecule has 23 heavy (non-hydrogen) atoms. The summed E-state index contributed by atoms with van der Waals surface area (Å²) in [6.45, 7) is 3.77. The molecule has 0 radical (unpaired) electrons. The number of hydrogen-bond donors (Lipinski definition) is 4. The van der Waals surface area contributed by atoms with Crippen molar-refractivity contribution in [3.8, 4) is 0 Å². The fourth-order valence-corrected chi connectivity index (χ4v) is 2.06. The predicted octanol–water partition coefficient (Wildman–Crippen LogP) is 0.898. The van der Waals surface area contributed by atoms with Gasteiger partial charge < -0.3 is 20.6 Å². The summed E-state index contributed by atoms with van der Waals surface area (Å²) in [4.78, 5) is 37.1. The molecular weight excluding hydrogens is 304 g/mol. The third-order valence-electron chi connectivity index (χ3n) is 3.16. The highest BCUT2D eigenvalue weighted by atomic mass is 16.4. The van der Waals surface area contributed by atoms with Crippen LogP contribution in [0.1, 0.15) is 26.7 Å². The van der Waals surface area contributed by atoms with Crippen molar-refractivity contribution in [1.29, 1.82) is 0 Å². The van der Waals surface area contributed by atoms with Gasteiger partial charge in [-0.05, 0) is 30.1 Å². The molecule has 0 saturated heterocycles. The maximum atomic E-state index is 11.1. The van der Waals surface area contributed by atoms with E-state index in [0.29, 0.717) is 12.0 Å². The Morgan fingerprint density at radius 3 is 2.48 bits per heavy atom. The first-order chi connectivity index (χ1) is 10.7. The Hall–Kier alpha value is -2.64. The van der Waals surface area contributed by atoms with Crippen LogP contribution in [-0.2, 0) is 14.4 Å². The molecule has 0 aromatic heterocycles. The summed E-state index contributed by atoms with van der Waals surface area (Å²) in [6.07, 6.45) is 4.50. The third kappa shape index (κ3) is 5.93. The van der Waals surface area contributed by atoms with Crippen LogP contribution in [0.15, 0.2) is 28.4 Å². The zero-order chi connectivity index (χ0) is 17.6. The number of rotatable bonds is 7. The quantitative estimate of drug-likeness (QED) is 0.511. The molecule has 0 aliphatic carbocycles. The molecule has 1 aliphatic heterocycles. The van der Waals surface area contributed by atoms with Gasteiger partial charge in [-0.3, -0.25) is 4.99 Å². The first-order valence-electron chi connectivity index (χ1n) is 7.10. The Balaban J connectivity index is 2.93. The number of carbonyl (C=O) groups is 3. The highest BCUT2D eigenvalue weighted by molar-refractivity contribution is 5.89. The molecule has 2 atom stereocenters. The Labute approximate surface area is 133 Å². The Kier molecular flexibility index (Phi) is 6.49. The molecule has 0 bridgehead atoms. The van der Waals surface area contributed by atoms with Gasteiger partial charge in [0.1, 0.15) is 17.8 Å². The molecule has 0 aromatic rings. The van der Waals surface area contributed by atoms with Crippen LogP contribution in [0.3, 0.4) is 0 Å². The van der Waals surface area contributed by atoms with Gasteiger partial charge in [0.25, 0.3) is 0 Å². The minimum Gasteiger partial charge on any atom is -0.480 e. The second-order valence-electron chi connectivity index (χ2n) is 5.63. The number of aliphatic carboxylic acids is 3. The second kappa shape index (κ2) is 8.11. The monoisotopic (exact) mass is 324 g/mol. The zero-order valence-electron chi connectivity index (χ0n) is 12.9. The van der Waals surface area contributed by atoms with Crippen LogP contribution in [0, 0.1) is 5.92 Å². The van der Waals surface area contributed by atoms with Crippen molar-refractivity contribution in [3.63, 3.8) is 0 Å². The molecule has 4 N–H and O–H groups in total. The minimum atomic E-state index is -1.26. The summed E-state index contributed by atoms with van der Waals surface area (Å²) < 4.78 is 0. The SMILES string of the molecule is CC(C)C[C@H](N=C/C=C1/C=C(C(=O)O)N[C@H](C(=O)O)C1)C(=O)O. The summed E-state index contributed by atoms with van der Waals surface area (Å²) in [5, 5.41) is 29.5. The maximum absolute atomic E-state index is 11.1. The zero-order valence-corrected chi connectivity index (χ0v) is 12.9. The van der Waals surface area contributed by atoms with Crippen molar-refractivity contribution in [2.24, 2.45) is 10.9 Å². The van der Waals surface area contributed by atoms with Crippen molar-refractivity contribution < 1.29 is 29.7 Å². The molecule has 126 valence electrons. The van der Waals surface area contributed by atoms with Crippen LogP contribution >= 0.6 is 0 Å². The van der Waals surface area contributed by atoms with E-state index in [0.717, 1.165) is 0 Å². The van der Waals surface area contributed by atoms with E-state index in [9.17, 15) is 14.4 Å². The Morgan fingerprint density at radius 2 is 2.00 bits per heavy atom. The van der Waals surface area contributed by atoms with Gasteiger partial charge >= 0.3 is 17.9 Å². The smallest absolute Gasteiger partial charge is 0.351 e. The van der Waals surface area contributed by atoms with Crippen LogP contribution in [0.25, 0.3) is 0 Å². The molecule has 0 spiro atoms. The number of nitrogens with zero attached hydrogens (tertiary/aromatic N) is 1. The minimum absolute atomic E-state index is 0.0834. The number of allylic oxidation sites excluding steroid dienone is 2. The molecular formula is C15H20N2O6. The van der Waals surface area contributed by atoms with Crippen LogP contribution in [0.2, 0.25) is 0 Å². The van der Waals surface area contributed by atoms with E-state index in [1.54, 1.807) is 0 Å². The lowest BCUT2D eigenvalue weighted by molar-refractivity contribution is -0.140. The van der Waals surface area contributed by atoms with Crippen LogP contribution in [-0.4, -0.2) is 51.5 Å². The fraction of sp³-hybridized carbons (Fsp3) is 0.467. The average molecular weight is 324 g/mol. The van der Waals surface area contributed by atoms with E-state index >= 15 is 0 Å². The summed E-state index contributed by atoms with van der Waals surface area (Å²) in [6, 6.07) is -1.93. The van der Waals surface area contributed by atoms with Gasteiger partial charge in [0.15, 0.2) is 0 Å². The van der Waals surface area contributed by atoms with E-state index in [-0.39, 0.29) is 18.0 Å². The molecule has 1 rings (SSSR count). The van der Waals surface area contributed by atoms with Gasteiger partial charge in [-0.15, -0.1) is 0 Å². The molecule has 8 heteroatoms. The summed E-state index contributed by atoms with van der Waals surface area (Å²) in [7, 11) is 0. The lowest BCUT2D eigenvalue weighted by atomic mass is 10.00. The number of carboxylic acid groups (broad SMARTS) is 3. The molecule has 8 nitrogen and oxygen atoms in total. The second-order valence-corrected chi connectivity index (χ2v) is 5.63. The molecule has 0 saturated carbocycles. The van der Waals surface area contributed by atoms with E-state index in [2.05, 4.69) is 10.3 Å². The van der Waals surface area contributed by atoms with Crippen LogP contribution < -0.4 is 5.32 Å². The lowest BCUT2D eigenvalue weighted by Gasteiger charge is -2.21. The Morgan fingerprint density at radius 1 is 1.35 bits per heavy atom. The van der Waals surface area contributed by atoms with Crippen molar-refractivity contribution >= 4 is 24.1 Å². The van der Waals surface area contributed by atoms with Gasteiger partial charge in [0.2, 0.25) is 0 Å². The topological polar surface area (TPSA) is 136 Å². The standard InChI is InChI=1S/C15H20N2O6/c1-8(2)5-10(13(18)19)16-4-3-9-6-11(14(20)21)17-12(7-9)15(22)23/h3-4,6,8,10,12,17H,5,7H2,1-2H3,(H,18,19)(H,20,21)(H,22,23)/b9-3-,16-4?/t10-,12-/m0/s1. The molecule has 1 aliphatic rings. The van der Waals surface area contributed by atoms with E-state index in [4.69, 9.17) is 15.3 Å². The number of hydrogen-bond acceptors (Lipinski definition) is 5. The summed E-state index contributed by atoms with van der Waals surface area (Å²) >= 11 is 0. The van der Waals surface area contributed by atoms with Gasteiger partial charge in [0, 0.05) is 12.6 Å². The third-order valence-corrected chi connectivity index (χ3v) is 3.16. The Bertz CT molecular complexity index is 577. The average Bonchev–Trinajstić information content (AvgIpc) is 2.45. The maximum Gasteiger partial charge on any atom is 0.351 e. The number of carboxylic acids is 3. The summed E-state index contributed by atoms with van der Waals surface area (Å²) in [5.41, 5.74) is 0.228. The number of aliphatic imine (C=N–C) groups is 1.